The summed E-state index contributed by atoms with van der Waals surface area (Å²) in [4.78, 5) is 31.9. The minimum absolute atomic E-state index is 0.121. The number of amides is 2. The van der Waals surface area contributed by atoms with Gasteiger partial charge in [-0.25, -0.2) is 8.78 Å². The van der Waals surface area contributed by atoms with Gasteiger partial charge in [0.15, 0.2) is 11.6 Å². The highest BCUT2D eigenvalue weighted by molar-refractivity contribution is 5.77. The van der Waals surface area contributed by atoms with Crippen LogP contribution in [0.5, 0.6) is 0 Å². The molecular weight excluding hydrogens is 380 g/mol. The van der Waals surface area contributed by atoms with Gasteiger partial charge >= 0.3 is 0 Å². The maximum Gasteiger partial charge on any atom is 0.223 e. The fourth-order valence-corrected chi connectivity index (χ4v) is 3.85. The molecule has 2 heterocycles. The number of rotatable bonds is 8. The number of carbonyl (C=O) groups is 2. The van der Waals surface area contributed by atoms with Gasteiger partial charge in [0.1, 0.15) is 0 Å². The van der Waals surface area contributed by atoms with Gasteiger partial charge in [0.25, 0.3) is 0 Å². The number of likely N-dealkylation sites (tertiary alicyclic amines) is 1. The van der Waals surface area contributed by atoms with Crippen LogP contribution in [0.15, 0.2) is 18.2 Å². The highest BCUT2D eigenvalue weighted by atomic mass is 19.2. The zero-order valence-electron chi connectivity index (χ0n) is 16.7. The summed E-state index contributed by atoms with van der Waals surface area (Å²) in [5.41, 5.74) is 0.522. The maximum absolute atomic E-state index is 13.2. The first-order valence-corrected chi connectivity index (χ1v) is 10.4. The number of nitrogens with one attached hydrogen (secondary N) is 1. The fraction of sp³-hybridized carbons (Fsp3) is 0.619. The van der Waals surface area contributed by atoms with Crippen LogP contribution in [-0.4, -0.2) is 54.6 Å². The van der Waals surface area contributed by atoms with Crippen LogP contribution in [0.2, 0.25) is 0 Å². The Balaban J connectivity index is 1.35. The second-order valence-corrected chi connectivity index (χ2v) is 7.78. The van der Waals surface area contributed by atoms with Crippen molar-refractivity contribution in [3.63, 3.8) is 0 Å². The molecule has 0 aliphatic carbocycles. The second kappa shape index (κ2) is 10.6. The first-order chi connectivity index (χ1) is 14.0. The predicted molar refractivity (Wildman–Crippen MR) is 104 cm³/mol. The third kappa shape index (κ3) is 6.75. The Kier molecular flexibility index (Phi) is 7.94. The zero-order valence-corrected chi connectivity index (χ0v) is 16.7. The first-order valence-electron chi connectivity index (χ1n) is 10.4. The molecule has 0 saturated carbocycles. The summed E-state index contributed by atoms with van der Waals surface area (Å²) in [5, 5.41) is 4.60. The topological polar surface area (TPSA) is 61.9 Å². The third-order valence-electron chi connectivity index (χ3n) is 5.53. The maximum atomic E-state index is 13.2. The lowest BCUT2D eigenvalue weighted by Gasteiger charge is -2.33. The number of nitrogens with zero attached hydrogens (tertiary/aromatic N) is 2. The van der Waals surface area contributed by atoms with Crippen molar-refractivity contribution in [1.82, 2.24) is 15.3 Å². The summed E-state index contributed by atoms with van der Waals surface area (Å²) in [6.07, 6.45) is 4.50. The summed E-state index contributed by atoms with van der Waals surface area (Å²) >= 11 is 0. The zero-order chi connectivity index (χ0) is 20.6. The average Bonchev–Trinajstić information content (AvgIpc) is 3.25. The lowest BCUT2D eigenvalue weighted by molar-refractivity contribution is -0.140. The predicted octanol–water partition coefficient (Wildman–Crippen LogP) is 2.63. The van der Waals surface area contributed by atoms with Gasteiger partial charge in [0.05, 0.1) is 6.61 Å². The van der Waals surface area contributed by atoms with Crippen LogP contribution >= 0.6 is 0 Å². The molecule has 2 aliphatic rings. The van der Waals surface area contributed by atoms with E-state index in [4.69, 9.17) is 4.84 Å². The van der Waals surface area contributed by atoms with Crippen LogP contribution in [0, 0.1) is 17.6 Å². The molecule has 2 amide bonds. The van der Waals surface area contributed by atoms with Crippen LogP contribution in [0.25, 0.3) is 0 Å². The van der Waals surface area contributed by atoms with Crippen LogP contribution in [-0.2, 0) is 21.0 Å². The van der Waals surface area contributed by atoms with Crippen molar-refractivity contribution in [3.05, 3.63) is 35.4 Å². The molecule has 1 unspecified atom stereocenters. The number of piperidine rings is 1. The summed E-state index contributed by atoms with van der Waals surface area (Å²) in [6.45, 7) is 3.89. The first kappa shape index (κ1) is 21.6. The Morgan fingerprint density at radius 1 is 1.14 bits per heavy atom. The molecule has 0 radical (unpaired) electrons. The van der Waals surface area contributed by atoms with Crippen molar-refractivity contribution in [1.29, 1.82) is 0 Å². The summed E-state index contributed by atoms with van der Waals surface area (Å²) in [7, 11) is 0. The van der Waals surface area contributed by atoms with E-state index in [1.54, 1.807) is 0 Å². The van der Waals surface area contributed by atoms with Crippen LogP contribution in [0.1, 0.15) is 44.1 Å². The van der Waals surface area contributed by atoms with Crippen molar-refractivity contribution >= 4 is 11.8 Å². The molecule has 1 aromatic carbocycles. The molecule has 1 aromatic rings. The highest BCUT2D eigenvalue weighted by Crippen LogP contribution is 2.22. The third-order valence-corrected chi connectivity index (χ3v) is 5.53. The fourth-order valence-electron chi connectivity index (χ4n) is 3.85. The molecule has 1 N–H and O–H groups in total. The van der Waals surface area contributed by atoms with Crippen LogP contribution in [0.4, 0.5) is 8.78 Å². The molecule has 160 valence electrons. The minimum atomic E-state index is -0.917. The summed E-state index contributed by atoms with van der Waals surface area (Å²) in [6, 6.07) is 3.60. The van der Waals surface area contributed by atoms with E-state index in [1.807, 2.05) is 9.96 Å². The van der Waals surface area contributed by atoms with E-state index in [2.05, 4.69) is 5.32 Å². The van der Waals surface area contributed by atoms with E-state index in [0.29, 0.717) is 43.8 Å². The number of hydrogen-bond acceptors (Lipinski definition) is 4. The summed E-state index contributed by atoms with van der Waals surface area (Å²) < 4.78 is 26.2. The average molecular weight is 409 g/mol. The molecule has 29 heavy (non-hydrogen) atoms. The van der Waals surface area contributed by atoms with E-state index < -0.39 is 11.6 Å². The standard InChI is InChI=1S/C21H29F2N3O3/c22-18-6-4-17(13-19(18)23)14-24-20(27)7-5-16-3-1-9-25(15-16)21(28)8-11-26-10-2-12-29-26/h4,6,13,16H,1-3,5,7-12,14-15H2,(H,24,27). The van der Waals surface area contributed by atoms with Gasteiger partial charge in [0, 0.05) is 45.6 Å². The lowest BCUT2D eigenvalue weighted by atomic mass is 9.93. The van der Waals surface area contributed by atoms with E-state index in [0.717, 1.165) is 51.1 Å². The quantitative estimate of drug-likeness (QED) is 0.717. The SMILES string of the molecule is O=C(CCC1CCCN(C(=O)CCN2CCCO2)C1)NCc1ccc(F)c(F)c1. The Morgan fingerprint density at radius 3 is 2.76 bits per heavy atom. The molecule has 2 aliphatic heterocycles. The van der Waals surface area contributed by atoms with Gasteiger partial charge in [-0.1, -0.05) is 6.07 Å². The van der Waals surface area contributed by atoms with Gasteiger partial charge < -0.3 is 10.2 Å². The van der Waals surface area contributed by atoms with Gasteiger partial charge in [-0.2, -0.15) is 5.06 Å². The lowest BCUT2D eigenvalue weighted by Crippen LogP contribution is -2.41. The van der Waals surface area contributed by atoms with E-state index in [-0.39, 0.29) is 18.4 Å². The number of hydrogen-bond donors (Lipinski definition) is 1. The number of halogens is 2. The number of carbonyl (C=O) groups excluding carboxylic acids is 2. The Bertz CT molecular complexity index is 710. The van der Waals surface area contributed by atoms with E-state index >= 15 is 0 Å². The van der Waals surface area contributed by atoms with Crippen molar-refractivity contribution in [2.24, 2.45) is 5.92 Å². The minimum Gasteiger partial charge on any atom is -0.352 e. The molecular formula is C21H29F2N3O3. The molecule has 3 rings (SSSR count). The van der Waals surface area contributed by atoms with Gasteiger partial charge in [-0.15, -0.1) is 0 Å². The molecule has 1 atom stereocenters. The Labute approximate surface area is 170 Å². The smallest absolute Gasteiger partial charge is 0.223 e. The number of hydroxylamine groups is 2. The summed E-state index contributed by atoms with van der Waals surface area (Å²) in [5.74, 6) is -1.48. The van der Waals surface area contributed by atoms with Crippen molar-refractivity contribution in [2.45, 2.75) is 45.1 Å². The molecule has 2 fully saturated rings. The van der Waals surface area contributed by atoms with Crippen LogP contribution in [0.3, 0.4) is 0 Å². The second-order valence-electron chi connectivity index (χ2n) is 7.78. The molecule has 6 nitrogen and oxygen atoms in total. The largest absolute Gasteiger partial charge is 0.352 e. The number of benzene rings is 1. The normalized spacial score (nSPS) is 20.1. The van der Waals surface area contributed by atoms with Crippen molar-refractivity contribution in [2.75, 3.05) is 32.8 Å². The van der Waals surface area contributed by atoms with E-state index in [9.17, 15) is 18.4 Å². The van der Waals surface area contributed by atoms with Gasteiger partial charge in [0.2, 0.25) is 11.8 Å². The highest BCUT2D eigenvalue weighted by Gasteiger charge is 2.24. The van der Waals surface area contributed by atoms with Crippen LogP contribution < -0.4 is 5.32 Å². The monoisotopic (exact) mass is 409 g/mol. The molecule has 0 bridgehead atoms. The molecule has 2 saturated heterocycles. The molecule has 0 aromatic heterocycles. The van der Waals surface area contributed by atoms with Crippen molar-refractivity contribution < 1.29 is 23.2 Å². The molecule has 8 heteroatoms. The Hall–Kier alpha value is -2.06. The van der Waals surface area contributed by atoms with Gasteiger partial charge in [-0.05, 0) is 49.3 Å². The van der Waals surface area contributed by atoms with Crippen molar-refractivity contribution in [3.8, 4) is 0 Å². The van der Waals surface area contributed by atoms with Gasteiger partial charge in [-0.3, -0.25) is 14.4 Å². The Morgan fingerprint density at radius 2 is 2.00 bits per heavy atom. The molecule has 0 spiro atoms. The van der Waals surface area contributed by atoms with E-state index in [1.165, 1.54) is 6.07 Å².